The number of ether oxygens (including phenoxy) is 1. The van der Waals surface area contributed by atoms with Crippen molar-refractivity contribution >= 4 is 17.7 Å². The zero-order valence-corrected chi connectivity index (χ0v) is 9.28. The van der Waals surface area contributed by atoms with Crippen LogP contribution in [0.3, 0.4) is 0 Å². The fourth-order valence-corrected chi connectivity index (χ4v) is 1.29. The Morgan fingerprint density at radius 3 is 2.72 bits per heavy atom. The lowest BCUT2D eigenvalue weighted by Gasteiger charge is -2.05. The highest BCUT2D eigenvalue weighted by molar-refractivity contribution is 5.86. The smallest absolute Gasteiger partial charge is 0.328 e. The minimum absolute atomic E-state index is 0.149. The Balaban J connectivity index is 3.42. The third-order valence-electron chi connectivity index (χ3n) is 2.07. The van der Waals surface area contributed by atoms with E-state index in [1.807, 2.05) is 0 Å². The summed E-state index contributed by atoms with van der Waals surface area (Å²) in [5.74, 6) is -1.00. The maximum absolute atomic E-state index is 10.7. The molecule has 18 heavy (non-hydrogen) atoms. The first-order chi connectivity index (χ1) is 8.49. The molecule has 0 aliphatic carbocycles. The van der Waals surface area contributed by atoms with E-state index in [4.69, 9.17) is 15.1 Å². The summed E-state index contributed by atoms with van der Waals surface area (Å²) in [6.07, 6.45) is 1.99. The van der Waals surface area contributed by atoms with Crippen LogP contribution >= 0.6 is 0 Å². The number of aliphatic carboxylic acids is 1. The van der Waals surface area contributed by atoms with Crippen LogP contribution < -0.4 is 4.74 Å². The first kappa shape index (κ1) is 13.2. The standard InChI is InChI=1S/C11H8N2O5/c1-18-10-5-8(6-12)9(13(16)17)4-7(10)2-3-11(14)15/h2-5H,1H3,(H,14,15)/b3-2+. The molecule has 1 aromatic rings. The van der Waals surface area contributed by atoms with Gasteiger partial charge in [-0.25, -0.2) is 4.79 Å². The van der Waals surface area contributed by atoms with E-state index in [-0.39, 0.29) is 16.9 Å². The highest BCUT2D eigenvalue weighted by Gasteiger charge is 2.17. The maximum Gasteiger partial charge on any atom is 0.328 e. The van der Waals surface area contributed by atoms with Gasteiger partial charge in [0, 0.05) is 23.8 Å². The van der Waals surface area contributed by atoms with Gasteiger partial charge in [0.15, 0.2) is 0 Å². The Hall–Kier alpha value is -2.88. The van der Waals surface area contributed by atoms with E-state index in [2.05, 4.69) is 0 Å². The number of carboxylic acid groups (broad SMARTS) is 1. The van der Waals surface area contributed by atoms with E-state index in [0.717, 1.165) is 18.2 Å². The fourth-order valence-electron chi connectivity index (χ4n) is 1.29. The van der Waals surface area contributed by atoms with E-state index in [1.165, 1.54) is 13.2 Å². The van der Waals surface area contributed by atoms with Gasteiger partial charge in [0.2, 0.25) is 0 Å². The quantitative estimate of drug-likeness (QED) is 0.491. The molecule has 0 heterocycles. The number of rotatable bonds is 4. The lowest BCUT2D eigenvalue weighted by molar-refractivity contribution is -0.385. The van der Waals surface area contributed by atoms with E-state index >= 15 is 0 Å². The molecule has 7 heteroatoms. The van der Waals surface area contributed by atoms with Gasteiger partial charge in [-0.15, -0.1) is 0 Å². The molecular weight excluding hydrogens is 240 g/mol. The van der Waals surface area contributed by atoms with Gasteiger partial charge < -0.3 is 9.84 Å². The Morgan fingerprint density at radius 1 is 1.61 bits per heavy atom. The van der Waals surface area contributed by atoms with Gasteiger partial charge in [0.1, 0.15) is 17.4 Å². The second kappa shape index (κ2) is 5.45. The average Bonchev–Trinajstić information content (AvgIpc) is 2.34. The number of nitrogens with zero attached hydrogens (tertiary/aromatic N) is 2. The molecule has 7 nitrogen and oxygen atoms in total. The first-order valence-electron chi connectivity index (χ1n) is 4.67. The number of benzene rings is 1. The fraction of sp³-hybridized carbons (Fsp3) is 0.0909. The molecule has 0 spiro atoms. The van der Waals surface area contributed by atoms with Crippen molar-refractivity contribution in [2.24, 2.45) is 0 Å². The van der Waals surface area contributed by atoms with Crippen LogP contribution in [0, 0.1) is 21.4 Å². The summed E-state index contributed by atoms with van der Waals surface area (Å²) < 4.78 is 4.94. The number of methoxy groups -OCH3 is 1. The highest BCUT2D eigenvalue weighted by atomic mass is 16.6. The normalized spacial score (nSPS) is 10.0. The van der Waals surface area contributed by atoms with Crippen molar-refractivity contribution < 1.29 is 19.6 Å². The van der Waals surface area contributed by atoms with Gasteiger partial charge in [0.05, 0.1) is 12.0 Å². The largest absolute Gasteiger partial charge is 0.496 e. The summed E-state index contributed by atoms with van der Waals surface area (Å²) in [5, 5.41) is 28.0. The molecule has 0 amide bonds. The lowest BCUT2D eigenvalue weighted by atomic mass is 10.1. The molecule has 0 saturated heterocycles. The monoisotopic (exact) mass is 248 g/mol. The summed E-state index contributed by atoms with van der Waals surface area (Å²) in [4.78, 5) is 20.4. The van der Waals surface area contributed by atoms with Crippen LogP contribution in [0.15, 0.2) is 18.2 Å². The predicted molar refractivity (Wildman–Crippen MR) is 61.0 cm³/mol. The molecule has 1 rings (SSSR count). The molecule has 0 unspecified atom stereocenters. The Morgan fingerprint density at radius 2 is 2.28 bits per heavy atom. The molecule has 0 atom stereocenters. The predicted octanol–water partition coefficient (Wildman–Crippen LogP) is 1.57. The van der Waals surface area contributed by atoms with E-state index in [9.17, 15) is 14.9 Å². The molecule has 1 N–H and O–H groups in total. The Labute approximate surface area is 102 Å². The molecule has 0 aromatic heterocycles. The van der Waals surface area contributed by atoms with Gasteiger partial charge in [0.25, 0.3) is 5.69 Å². The van der Waals surface area contributed by atoms with Crippen molar-refractivity contribution in [2.45, 2.75) is 0 Å². The molecule has 0 aliphatic heterocycles. The van der Waals surface area contributed by atoms with Gasteiger partial charge in [-0.1, -0.05) is 0 Å². The van der Waals surface area contributed by atoms with Crippen molar-refractivity contribution in [3.8, 4) is 11.8 Å². The minimum Gasteiger partial charge on any atom is -0.496 e. The molecule has 0 aliphatic rings. The third-order valence-corrected chi connectivity index (χ3v) is 2.07. The molecule has 1 aromatic carbocycles. The van der Waals surface area contributed by atoms with Crippen LogP contribution in [-0.4, -0.2) is 23.1 Å². The average molecular weight is 248 g/mol. The van der Waals surface area contributed by atoms with Crippen LogP contribution in [0.25, 0.3) is 6.08 Å². The van der Waals surface area contributed by atoms with Crippen LogP contribution in [0.5, 0.6) is 5.75 Å². The second-order valence-corrected chi connectivity index (χ2v) is 3.15. The van der Waals surface area contributed by atoms with Gasteiger partial charge in [-0.05, 0) is 6.08 Å². The van der Waals surface area contributed by atoms with Crippen molar-refractivity contribution in [3.05, 3.63) is 39.4 Å². The number of carboxylic acids is 1. The zero-order valence-electron chi connectivity index (χ0n) is 9.28. The minimum atomic E-state index is -1.19. The first-order valence-corrected chi connectivity index (χ1v) is 4.67. The number of hydrogen-bond acceptors (Lipinski definition) is 5. The highest BCUT2D eigenvalue weighted by Crippen LogP contribution is 2.29. The van der Waals surface area contributed by atoms with Crippen LogP contribution in [-0.2, 0) is 4.79 Å². The van der Waals surface area contributed by atoms with Crippen molar-refractivity contribution in [1.82, 2.24) is 0 Å². The Bertz CT molecular complexity index is 572. The number of nitro benzene ring substituents is 1. The van der Waals surface area contributed by atoms with E-state index < -0.39 is 16.6 Å². The number of carbonyl (C=O) groups is 1. The molecule has 0 fully saturated rings. The summed E-state index contributed by atoms with van der Waals surface area (Å²) in [6, 6.07) is 3.97. The Kier molecular flexibility index (Phi) is 3.99. The molecule has 0 saturated carbocycles. The number of nitriles is 1. The summed E-state index contributed by atoms with van der Waals surface area (Å²) in [6.45, 7) is 0. The molecule has 0 radical (unpaired) electrons. The third kappa shape index (κ3) is 2.82. The van der Waals surface area contributed by atoms with Crippen molar-refractivity contribution in [1.29, 1.82) is 5.26 Å². The van der Waals surface area contributed by atoms with E-state index in [0.29, 0.717) is 0 Å². The zero-order chi connectivity index (χ0) is 13.7. The molecule has 0 bridgehead atoms. The van der Waals surface area contributed by atoms with Crippen molar-refractivity contribution in [3.63, 3.8) is 0 Å². The van der Waals surface area contributed by atoms with Crippen molar-refractivity contribution in [2.75, 3.05) is 7.11 Å². The van der Waals surface area contributed by atoms with Crippen LogP contribution in [0.1, 0.15) is 11.1 Å². The lowest BCUT2D eigenvalue weighted by Crippen LogP contribution is -1.96. The van der Waals surface area contributed by atoms with Crippen LogP contribution in [0.4, 0.5) is 5.69 Å². The topological polar surface area (TPSA) is 113 Å². The summed E-state index contributed by atoms with van der Waals surface area (Å²) in [7, 11) is 1.32. The van der Waals surface area contributed by atoms with Gasteiger partial charge >= 0.3 is 5.97 Å². The molecule has 92 valence electrons. The molecular formula is C11H8N2O5. The summed E-state index contributed by atoms with van der Waals surface area (Å²) in [5.41, 5.74) is -0.335. The number of hydrogen-bond donors (Lipinski definition) is 1. The maximum atomic E-state index is 10.7. The number of nitro groups is 1. The van der Waals surface area contributed by atoms with Gasteiger partial charge in [-0.2, -0.15) is 5.26 Å². The summed E-state index contributed by atoms with van der Waals surface area (Å²) >= 11 is 0. The van der Waals surface area contributed by atoms with Gasteiger partial charge in [-0.3, -0.25) is 10.1 Å². The second-order valence-electron chi connectivity index (χ2n) is 3.15. The SMILES string of the molecule is COc1cc(C#N)c([N+](=O)[O-])cc1/C=C/C(=O)O. The van der Waals surface area contributed by atoms with Crippen LogP contribution in [0.2, 0.25) is 0 Å². The van der Waals surface area contributed by atoms with E-state index in [1.54, 1.807) is 6.07 Å².